The zero-order valence-electron chi connectivity index (χ0n) is 13.8. The Kier molecular flexibility index (Phi) is 3.85. The molecule has 0 fully saturated rings. The zero-order chi connectivity index (χ0) is 18.3. The first kappa shape index (κ1) is 16.2. The van der Waals surface area contributed by atoms with Crippen molar-refractivity contribution >= 4 is 38.9 Å². The van der Waals surface area contributed by atoms with Crippen molar-refractivity contribution < 1.29 is 9.52 Å². The molecule has 2 aromatic heterocycles. The molecule has 0 bridgehead atoms. The molecule has 130 valence electrons. The zero-order valence-corrected chi connectivity index (χ0v) is 14.6. The van der Waals surface area contributed by atoms with E-state index in [1.807, 2.05) is 31.2 Å². The third kappa shape index (κ3) is 3.00. The number of anilines is 3. The third-order valence-corrected chi connectivity index (χ3v) is 4.89. The van der Waals surface area contributed by atoms with Crippen LogP contribution in [-0.4, -0.2) is 10.1 Å². The normalized spacial score (nSPS) is 11.0. The molecular weight excluding hydrogens is 350 g/mol. The highest BCUT2D eigenvalue weighted by Crippen LogP contribution is 2.36. The lowest BCUT2D eigenvalue weighted by atomic mass is 10.2. The second-order valence-corrected chi connectivity index (χ2v) is 6.88. The molecule has 0 aliphatic heterocycles. The van der Waals surface area contributed by atoms with Gasteiger partial charge in [-0.2, -0.15) is 0 Å². The number of thiazole rings is 1. The largest absolute Gasteiger partial charge is 0.508 e. The van der Waals surface area contributed by atoms with E-state index in [0.717, 1.165) is 11.3 Å². The van der Waals surface area contributed by atoms with E-state index in [-0.39, 0.29) is 17.0 Å². The third-order valence-electron chi connectivity index (χ3n) is 3.89. The van der Waals surface area contributed by atoms with Crippen molar-refractivity contribution in [1.82, 2.24) is 4.98 Å². The van der Waals surface area contributed by atoms with Crippen molar-refractivity contribution in [3.05, 3.63) is 64.3 Å². The summed E-state index contributed by atoms with van der Waals surface area (Å²) in [7, 11) is 0. The highest BCUT2D eigenvalue weighted by molar-refractivity contribution is 7.19. The van der Waals surface area contributed by atoms with Crippen molar-refractivity contribution in [2.75, 3.05) is 11.1 Å². The van der Waals surface area contributed by atoms with Crippen LogP contribution in [0.2, 0.25) is 0 Å². The topological polar surface area (TPSA) is 101 Å². The van der Waals surface area contributed by atoms with Crippen molar-refractivity contribution in [2.24, 2.45) is 0 Å². The molecule has 26 heavy (non-hydrogen) atoms. The van der Waals surface area contributed by atoms with Gasteiger partial charge in [-0.05, 0) is 31.2 Å². The lowest BCUT2D eigenvalue weighted by Gasteiger charge is -2.02. The number of nitrogens with two attached hydrogens (primary N) is 1. The minimum absolute atomic E-state index is 0.0248. The highest BCUT2D eigenvalue weighted by atomic mass is 32.1. The minimum atomic E-state index is -0.206. The fraction of sp³-hybridized carbons (Fsp3) is 0.0526. The Morgan fingerprint density at radius 1 is 1.15 bits per heavy atom. The van der Waals surface area contributed by atoms with Crippen LogP contribution in [0.1, 0.15) is 5.56 Å². The van der Waals surface area contributed by atoms with Crippen LogP contribution >= 0.6 is 11.3 Å². The van der Waals surface area contributed by atoms with E-state index in [1.165, 1.54) is 35.6 Å². The number of phenolic OH excluding ortho intramolecular Hbond substituents is 1. The van der Waals surface area contributed by atoms with Gasteiger partial charge in [-0.1, -0.05) is 29.0 Å². The summed E-state index contributed by atoms with van der Waals surface area (Å²) in [6, 6.07) is 13.7. The van der Waals surface area contributed by atoms with Crippen molar-refractivity contribution in [2.45, 2.75) is 6.92 Å². The first-order valence-corrected chi connectivity index (χ1v) is 8.68. The Labute approximate surface area is 152 Å². The molecular formula is C19H15N3O3S. The molecule has 6 nitrogen and oxygen atoms in total. The Morgan fingerprint density at radius 3 is 2.69 bits per heavy atom. The maximum Gasteiger partial charge on any atom is 0.193 e. The van der Waals surface area contributed by atoms with Gasteiger partial charge in [0, 0.05) is 17.8 Å². The first-order valence-electron chi connectivity index (χ1n) is 7.87. The fourth-order valence-corrected chi connectivity index (χ4v) is 3.44. The van der Waals surface area contributed by atoms with E-state index in [0.29, 0.717) is 26.7 Å². The summed E-state index contributed by atoms with van der Waals surface area (Å²) in [6.07, 6.45) is 0. The van der Waals surface area contributed by atoms with Gasteiger partial charge in [0.15, 0.2) is 16.3 Å². The molecule has 4 aromatic rings. The van der Waals surface area contributed by atoms with E-state index in [1.54, 1.807) is 0 Å². The fourth-order valence-electron chi connectivity index (χ4n) is 2.58. The summed E-state index contributed by atoms with van der Waals surface area (Å²) in [5.74, 6) is 0.615. The maximum absolute atomic E-state index is 12.3. The Hall–Kier alpha value is -3.32. The lowest BCUT2D eigenvalue weighted by molar-refractivity contribution is 0.474. The molecule has 0 amide bonds. The van der Waals surface area contributed by atoms with Gasteiger partial charge in [-0.3, -0.25) is 4.79 Å². The van der Waals surface area contributed by atoms with Crippen LogP contribution in [0.5, 0.6) is 5.75 Å². The predicted octanol–water partition coefficient (Wildman–Crippen LogP) is 4.26. The standard InChI is InChI=1S/C19H15N3O3S/c1-10-2-4-11(5-3-10)21-19-22-18(20)17(26-19)16-9-14(24)13-7-6-12(23)8-15(13)25-16/h2-9,23H,20H2,1H3,(H,21,22). The quantitative estimate of drug-likeness (QED) is 0.501. The minimum Gasteiger partial charge on any atom is -0.508 e. The van der Waals surface area contributed by atoms with Crippen molar-refractivity contribution in [1.29, 1.82) is 0 Å². The lowest BCUT2D eigenvalue weighted by Crippen LogP contribution is -2.00. The van der Waals surface area contributed by atoms with Crippen LogP contribution in [0.15, 0.2) is 57.7 Å². The molecule has 0 unspecified atom stereocenters. The molecule has 7 heteroatoms. The van der Waals surface area contributed by atoms with Gasteiger partial charge in [0.05, 0.1) is 5.39 Å². The smallest absolute Gasteiger partial charge is 0.193 e. The van der Waals surface area contributed by atoms with Crippen LogP contribution in [0.4, 0.5) is 16.6 Å². The van der Waals surface area contributed by atoms with Crippen molar-refractivity contribution in [3.63, 3.8) is 0 Å². The van der Waals surface area contributed by atoms with Gasteiger partial charge < -0.3 is 20.6 Å². The first-order chi connectivity index (χ1) is 12.5. The number of hydrogen-bond acceptors (Lipinski definition) is 7. The molecule has 0 aliphatic carbocycles. The summed E-state index contributed by atoms with van der Waals surface area (Å²) < 4.78 is 5.77. The number of aromatic nitrogens is 1. The number of phenols is 1. The van der Waals surface area contributed by atoms with Gasteiger partial charge >= 0.3 is 0 Å². The van der Waals surface area contributed by atoms with Crippen molar-refractivity contribution in [3.8, 4) is 16.4 Å². The van der Waals surface area contributed by atoms with Crippen LogP contribution in [0.3, 0.4) is 0 Å². The summed E-state index contributed by atoms with van der Waals surface area (Å²) in [5, 5.41) is 13.8. The monoisotopic (exact) mass is 365 g/mol. The second kappa shape index (κ2) is 6.20. The van der Waals surface area contributed by atoms with Gasteiger partial charge in [-0.25, -0.2) is 4.98 Å². The number of fused-ring (bicyclic) bond motifs is 1. The Bertz CT molecular complexity index is 1160. The van der Waals surface area contributed by atoms with Gasteiger partial charge in [0.1, 0.15) is 22.0 Å². The average Bonchev–Trinajstić information content (AvgIpc) is 2.97. The summed E-state index contributed by atoms with van der Waals surface area (Å²) in [4.78, 5) is 17.2. The molecule has 4 N–H and O–H groups in total. The van der Waals surface area contributed by atoms with Crippen LogP contribution in [-0.2, 0) is 0 Å². The van der Waals surface area contributed by atoms with Gasteiger partial charge in [0.2, 0.25) is 0 Å². The molecule has 0 saturated carbocycles. The van der Waals surface area contributed by atoms with E-state index in [2.05, 4.69) is 10.3 Å². The summed E-state index contributed by atoms with van der Waals surface area (Å²) in [5.41, 5.74) is 8.17. The number of rotatable bonds is 3. The number of benzene rings is 2. The average molecular weight is 365 g/mol. The van der Waals surface area contributed by atoms with E-state index in [4.69, 9.17) is 10.2 Å². The second-order valence-electron chi connectivity index (χ2n) is 5.88. The maximum atomic E-state index is 12.3. The number of aromatic hydroxyl groups is 1. The Balaban J connectivity index is 1.74. The van der Waals surface area contributed by atoms with Crippen LogP contribution < -0.4 is 16.5 Å². The molecule has 4 rings (SSSR count). The molecule has 0 spiro atoms. The highest BCUT2D eigenvalue weighted by Gasteiger charge is 2.15. The summed E-state index contributed by atoms with van der Waals surface area (Å²) in [6.45, 7) is 2.02. The molecule has 0 atom stereocenters. The van der Waals surface area contributed by atoms with Gasteiger partial charge in [-0.15, -0.1) is 0 Å². The van der Waals surface area contributed by atoms with Crippen LogP contribution in [0.25, 0.3) is 21.6 Å². The van der Waals surface area contributed by atoms with E-state index in [9.17, 15) is 9.90 Å². The van der Waals surface area contributed by atoms with Crippen LogP contribution in [0, 0.1) is 6.92 Å². The van der Waals surface area contributed by atoms with E-state index >= 15 is 0 Å². The number of nitrogens with zero attached hydrogens (tertiary/aromatic N) is 1. The molecule has 0 saturated heterocycles. The van der Waals surface area contributed by atoms with E-state index < -0.39 is 0 Å². The number of nitrogens with one attached hydrogen (secondary N) is 1. The summed E-state index contributed by atoms with van der Waals surface area (Å²) >= 11 is 1.29. The molecule has 0 radical (unpaired) electrons. The predicted molar refractivity (Wildman–Crippen MR) is 104 cm³/mol. The molecule has 2 aromatic carbocycles. The number of hydrogen-bond donors (Lipinski definition) is 3. The molecule has 0 aliphatic rings. The molecule has 2 heterocycles. The SMILES string of the molecule is Cc1ccc(Nc2nc(N)c(-c3cc(=O)c4ccc(O)cc4o3)s2)cc1. The number of nitrogen functional groups attached to an aromatic ring is 1. The Morgan fingerprint density at radius 2 is 1.92 bits per heavy atom. The van der Waals surface area contributed by atoms with Gasteiger partial charge in [0.25, 0.3) is 0 Å². The number of aryl methyl sites for hydroxylation is 1.